The van der Waals surface area contributed by atoms with Crippen LogP contribution in [0.15, 0.2) is 45.8 Å². The monoisotopic (exact) mass is 363 g/mol. The molecule has 0 bridgehead atoms. The molecule has 0 saturated carbocycles. The molecule has 0 aliphatic heterocycles. The van der Waals surface area contributed by atoms with Gasteiger partial charge in [0.25, 0.3) is 10.0 Å². The Bertz CT molecular complexity index is 765. The molecule has 0 aromatic heterocycles. The van der Waals surface area contributed by atoms with Crippen molar-refractivity contribution in [3.05, 3.63) is 52.5 Å². The van der Waals surface area contributed by atoms with Crippen molar-refractivity contribution in [2.24, 2.45) is 0 Å². The Morgan fingerprint density at radius 3 is 2.40 bits per heavy atom. The van der Waals surface area contributed by atoms with Crippen molar-refractivity contribution in [2.75, 3.05) is 4.72 Å². The number of aromatic hydroxyl groups is 1. The van der Waals surface area contributed by atoms with E-state index in [-0.39, 0.29) is 15.1 Å². The van der Waals surface area contributed by atoms with E-state index in [1.807, 2.05) is 0 Å². The van der Waals surface area contributed by atoms with Gasteiger partial charge in [-0.25, -0.2) is 17.2 Å². The fourth-order valence-corrected chi connectivity index (χ4v) is 3.57. The molecule has 0 fully saturated rings. The van der Waals surface area contributed by atoms with E-state index in [1.165, 1.54) is 6.07 Å². The number of anilines is 1. The van der Waals surface area contributed by atoms with Gasteiger partial charge in [-0.05, 0) is 46.3 Å². The highest BCUT2D eigenvalue weighted by molar-refractivity contribution is 9.10. The fraction of sp³-hybridized carbons (Fsp3) is 0. The molecular formula is C12H8BrF2NO3S. The summed E-state index contributed by atoms with van der Waals surface area (Å²) >= 11 is 2.95. The van der Waals surface area contributed by atoms with Crippen molar-refractivity contribution in [3.63, 3.8) is 0 Å². The normalized spacial score (nSPS) is 11.3. The molecule has 2 rings (SSSR count). The van der Waals surface area contributed by atoms with E-state index >= 15 is 0 Å². The minimum Gasteiger partial charge on any atom is -0.505 e. The van der Waals surface area contributed by atoms with Gasteiger partial charge in [-0.1, -0.05) is 0 Å². The molecule has 4 nitrogen and oxygen atoms in total. The second-order valence-electron chi connectivity index (χ2n) is 3.85. The third-order valence-corrected chi connectivity index (χ3v) is 4.74. The number of nitrogens with one attached hydrogen (secondary N) is 1. The highest BCUT2D eigenvalue weighted by Gasteiger charge is 2.18. The number of sulfonamides is 1. The highest BCUT2D eigenvalue weighted by atomic mass is 79.9. The largest absolute Gasteiger partial charge is 0.505 e. The summed E-state index contributed by atoms with van der Waals surface area (Å²) in [5.41, 5.74) is -0.0588. The third-order valence-electron chi connectivity index (χ3n) is 2.38. The third kappa shape index (κ3) is 3.07. The van der Waals surface area contributed by atoms with E-state index in [9.17, 15) is 17.2 Å². The lowest BCUT2D eigenvalue weighted by Crippen LogP contribution is -2.13. The standard InChI is InChI=1S/C12H8BrF2NO3S/c13-9-5-7(14)1-4-12(9)20(18,19)16-8-2-3-11(17)10(15)6-8/h1-6,16-17H. The number of phenolic OH excluding ortho intramolecular Hbond substituents is 1. The van der Waals surface area contributed by atoms with Gasteiger partial charge in [0.1, 0.15) is 10.7 Å². The lowest BCUT2D eigenvalue weighted by Gasteiger charge is -2.10. The van der Waals surface area contributed by atoms with Crippen LogP contribution in [-0.2, 0) is 10.0 Å². The van der Waals surface area contributed by atoms with Crippen LogP contribution in [0.3, 0.4) is 0 Å². The molecule has 0 amide bonds. The molecule has 0 atom stereocenters. The Morgan fingerprint density at radius 2 is 1.80 bits per heavy atom. The molecule has 0 aliphatic carbocycles. The van der Waals surface area contributed by atoms with Crippen LogP contribution in [0.25, 0.3) is 0 Å². The van der Waals surface area contributed by atoms with Gasteiger partial charge in [-0.2, -0.15) is 0 Å². The van der Waals surface area contributed by atoms with Crippen molar-refractivity contribution in [1.29, 1.82) is 0 Å². The first-order valence-corrected chi connectivity index (χ1v) is 7.53. The molecule has 106 valence electrons. The van der Waals surface area contributed by atoms with Crippen molar-refractivity contribution >= 4 is 31.6 Å². The maximum absolute atomic E-state index is 13.1. The van der Waals surface area contributed by atoms with Crippen LogP contribution in [0.2, 0.25) is 0 Å². The zero-order valence-corrected chi connectivity index (χ0v) is 12.2. The zero-order chi connectivity index (χ0) is 14.9. The lowest BCUT2D eigenvalue weighted by molar-refractivity contribution is 0.432. The Hall–Kier alpha value is -1.67. The van der Waals surface area contributed by atoms with Crippen molar-refractivity contribution in [1.82, 2.24) is 0 Å². The summed E-state index contributed by atoms with van der Waals surface area (Å²) in [7, 11) is -4.00. The van der Waals surface area contributed by atoms with Crippen LogP contribution in [0.1, 0.15) is 0 Å². The topological polar surface area (TPSA) is 66.4 Å². The molecule has 0 aliphatic rings. The average molecular weight is 364 g/mol. The summed E-state index contributed by atoms with van der Waals surface area (Å²) in [5, 5.41) is 9.03. The van der Waals surface area contributed by atoms with Gasteiger partial charge in [-0.15, -0.1) is 0 Å². The first-order chi connectivity index (χ1) is 9.29. The molecule has 8 heteroatoms. The molecule has 0 saturated heterocycles. The number of phenols is 1. The lowest BCUT2D eigenvalue weighted by atomic mass is 10.3. The number of benzene rings is 2. The molecule has 20 heavy (non-hydrogen) atoms. The molecule has 0 radical (unpaired) electrons. The second-order valence-corrected chi connectivity index (χ2v) is 6.35. The van der Waals surface area contributed by atoms with E-state index in [0.29, 0.717) is 0 Å². The van der Waals surface area contributed by atoms with Gasteiger partial charge in [-0.3, -0.25) is 4.72 Å². The number of rotatable bonds is 3. The first-order valence-electron chi connectivity index (χ1n) is 5.26. The van der Waals surface area contributed by atoms with Gasteiger partial charge in [0.2, 0.25) is 0 Å². The quantitative estimate of drug-likeness (QED) is 0.822. The van der Waals surface area contributed by atoms with Gasteiger partial charge < -0.3 is 5.11 Å². The summed E-state index contributed by atoms with van der Waals surface area (Å²) in [6.45, 7) is 0. The summed E-state index contributed by atoms with van der Waals surface area (Å²) in [6, 6.07) is 6.14. The summed E-state index contributed by atoms with van der Waals surface area (Å²) < 4.78 is 52.4. The van der Waals surface area contributed by atoms with Crippen LogP contribution >= 0.6 is 15.9 Å². The van der Waals surface area contributed by atoms with Crippen molar-refractivity contribution in [2.45, 2.75) is 4.90 Å². The fourth-order valence-electron chi connectivity index (χ4n) is 1.47. The van der Waals surface area contributed by atoms with Crippen LogP contribution in [0, 0.1) is 11.6 Å². The number of hydrogen-bond acceptors (Lipinski definition) is 3. The van der Waals surface area contributed by atoms with Gasteiger partial charge >= 0.3 is 0 Å². The number of hydrogen-bond donors (Lipinski definition) is 2. The number of halogens is 3. The molecule has 0 unspecified atom stereocenters. The molecule has 2 aromatic rings. The van der Waals surface area contributed by atoms with Crippen LogP contribution in [0.5, 0.6) is 5.75 Å². The highest BCUT2D eigenvalue weighted by Crippen LogP contribution is 2.26. The van der Waals surface area contributed by atoms with Crippen LogP contribution < -0.4 is 4.72 Å². The van der Waals surface area contributed by atoms with E-state index < -0.39 is 27.4 Å². The summed E-state index contributed by atoms with van der Waals surface area (Å²) in [6.07, 6.45) is 0. The van der Waals surface area contributed by atoms with Gasteiger partial charge in [0, 0.05) is 10.5 Å². The van der Waals surface area contributed by atoms with Crippen molar-refractivity contribution in [3.8, 4) is 5.75 Å². The maximum atomic E-state index is 13.1. The van der Waals surface area contributed by atoms with E-state index in [4.69, 9.17) is 5.11 Å². The smallest absolute Gasteiger partial charge is 0.263 e. The van der Waals surface area contributed by atoms with Crippen molar-refractivity contribution < 1.29 is 22.3 Å². The average Bonchev–Trinajstić information content (AvgIpc) is 2.33. The Labute approximate surface area is 122 Å². The summed E-state index contributed by atoms with van der Waals surface area (Å²) in [5.74, 6) is -2.13. The maximum Gasteiger partial charge on any atom is 0.263 e. The Balaban J connectivity index is 2.38. The van der Waals surface area contributed by atoms with E-state index in [0.717, 1.165) is 30.3 Å². The van der Waals surface area contributed by atoms with Gasteiger partial charge in [0.15, 0.2) is 11.6 Å². The molecule has 0 heterocycles. The Kier molecular flexibility index (Phi) is 3.96. The molecular weight excluding hydrogens is 356 g/mol. The second kappa shape index (κ2) is 5.37. The van der Waals surface area contributed by atoms with Gasteiger partial charge in [0.05, 0.1) is 5.69 Å². The minimum absolute atomic E-state index is 0.0456. The van der Waals surface area contributed by atoms with E-state index in [2.05, 4.69) is 20.7 Å². The Morgan fingerprint density at radius 1 is 1.10 bits per heavy atom. The predicted octanol–water partition coefficient (Wildman–Crippen LogP) is 3.23. The van der Waals surface area contributed by atoms with Crippen LogP contribution in [-0.4, -0.2) is 13.5 Å². The summed E-state index contributed by atoms with van der Waals surface area (Å²) in [4.78, 5) is -0.188. The first kappa shape index (κ1) is 14.7. The molecule has 0 spiro atoms. The zero-order valence-electron chi connectivity index (χ0n) is 9.77. The predicted molar refractivity (Wildman–Crippen MR) is 73.0 cm³/mol. The van der Waals surface area contributed by atoms with Crippen LogP contribution in [0.4, 0.5) is 14.5 Å². The molecule has 2 aromatic carbocycles. The van der Waals surface area contributed by atoms with E-state index in [1.54, 1.807) is 0 Å². The molecule has 2 N–H and O–H groups in total. The SMILES string of the molecule is O=S(=O)(Nc1ccc(O)c(F)c1)c1ccc(F)cc1Br. The minimum atomic E-state index is -4.00.